The number of nitrogens with one attached hydrogen (secondary N) is 2. The molecule has 1 aliphatic heterocycles. The van der Waals surface area contributed by atoms with Gasteiger partial charge in [-0.05, 0) is 31.0 Å². The molecule has 0 radical (unpaired) electrons. The van der Waals surface area contributed by atoms with E-state index in [0.29, 0.717) is 17.1 Å². The van der Waals surface area contributed by atoms with Crippen LogP contribution in [0.25, 0.3) is 0 Å². The number of thioether (sulfide) groups is 1. The van der Waals surface area contributed by atoms with Crippen molar-refractivity contribution in [1.29, 1.82) is 0 Å². The molecule has 0 bridgehead atoms. The fourth-order valence-corrected chi connectivity index (χ4v) is 4.29. The number of carbonyl (C=O) groups is 1. The van der Waals surface area contributed by atoms with E-state index in [4.69, 9.17) is 4.74 Å². The minimum Gasteiger partial charge on any atom is -0.497 e. The summed E-state index contributed by atoms with van der Waals surface area (Å²) < 4.78 is 7.02. The molecular weight excluding hydrogens is 338 g/mol. The molecule has 25 heavy (non-hydrogen) atoms. The summed E-state index contributed by atoms with van der Waals surface area (Å²) in [6.45, 7) is 4.15. The number of hydrogen-bond acceptors (Lipinski definition) is 4. The van der Waals surface area contributed by atoms with E-state index in [0.717, 1.165) is 24.2 Å². The van der Waals surface area contributed by atoms with Crippen LogP contribution >= 0.6 is 11.8 Å². The second-order valence-electron chi connectivity index (χ2n) is 6.22. The van der Waals surface area contributed by atoms with E-state index in [2.05, 4.69) is 17.3 Å². The number of amides is 1. The van der Waals surface area contributed by atoms with Gasteiger partial charge in [-0.25, -0.2) is 0 Å². The summed E-state index contributed by atoms with van der Waals surface area (Å²) in [7, 11) is 1.62. The maximum absolute atomic E-state index is 12.7. The van der Waals surface area contributed by atoms with E-state index in [1.807, 2.05) is 35.9 Å². The zero-order valence-corrected chi connectivity index (χ0v) is 15.5. The molecule has 0 aliphatic carbocycles. The third kappa shape index (κ3) is 3.46. The summed E-state index contributed by atoms with van der Waals surface area (Å²) in [6, 6.07) is 7.76. The maximum Gasteiger partial charge on any atom is 0.270 e. The maximum atomic E-state index is 12.7. The van der Waals surface area contributed by atoms with Gasteiger partial charge in [0.15, 0.2) is 0 Å². The summed E-state index contributed by atoms with van der Waals surface area (Å²) >= 11 is 1.47. The molecule has 6 nitrogen and oxygen atoms in total. The molecule has 134 valence electrons. The van der Waals surface area contributed by atoms with Crippen molar-refractivity contribution in [2.24, 2.45) is 0 Å². The molecule has 0 spiro atoms. The lowest BCUT2D eigenvalue weighted by molar-refractivity contribution is -0.113. The number of rotatable bonds is 5. The largest absolute Gasteiger partial charge is 0.497 e. The van der Waals surface area contributed by atoms with Gasteiger partial charge in [0.2, 0.25) is 5.91 Å². The van der Waals surface area contributed by atoms with Crippen LogP contribution in [-0.4, -0.2) is 28.6 Å². The zero-order chi connectivity index (χ0) is 18.0. The molecule has 7 heteroatoms. The van der Waals surface area contributed by atoms with Gasteiger partial charge in [0.05, 0.1) is 23.7 Å². The quantitative estimate of drug-likeness (QED) is 0.856. The number of nitrogens with zero attached hydrogens (tertiary/aromatic N) is 1. The third-order valence-corrected chi connectivity index (χ3v) is 5.70. The van der Waals surface area contributed by atoms with Crippen LogP contribution in [0, 0.1) is 0 Å². The van der Waals surface area contributed by atoms with Crippen LogP contribution in [0.2, 0.25) is 0 Å². The number of aromatic amines is 1. The first kappa shape index (κ1) is 17.7. The smallest absolute Gasteiger partial charge is 0.270 e. The highest BCUT2D eigenvalue weighted by Gasteiger charge is 2.31. The van der Waals surface area contributed by atoms with Gasteiger partial charge in [0, 0.05) is 6.04 Å². The monoisotopic (exact) mass is 361 g/mol. The highest BCUT2D eigenvalue weighted by molar-refractivity contribution is 8.00. The molecule has 2 N–H and O–H groups in total. The minimum absolute atomic E-state index is 0.0845. The number of fused-ring (bicyclic) bond motifs is 1. The van der Waals surface area contributed by atoms with Crippen molar-refractivity contribution in [2.45, 2.75) is 38.0 Å². The predicted molar refractivity (Wildman–Crippen MR) is 101 cm³/mol. The average molecular weight is 361 g/mol. The van der Waals surface area contributed by atoms with Crippen LogP contribution in [0.4, 0.5) is 5.82 Å². The molecule has 0 saturated heterocycles. The first-order valence-corrected chi connectivity index (χ1v) is 9.49. The molecule has 2 heterocycles. The second kappa shape index (κ2) is 7.39. The Hall–Kier alpha value is -2.15. The van der Waals surface area contributed by atoms with Crippen molar-refractivity contribution >= 4 is 23.5 Å². The Kier molecular flexibility index (Phi) is 5.22. The van der Waals surface area contributed by atoms with Crippen LogP contribution in [0.5, 0.6) is 5.75 Å². The van der Waals surface area contributed by atoms with Gasteiger partial charge in [-0.1, -0.05) is 25.5 Å². The standard InChI is InChI=1S/C18H23N3O3S/c1-4-5-11(2)21-17-15(18(23)20-21)16(25-10-14(22)19-17)12-6-8-13(24-3)9-7-12/h6-9,11,16H,4-5,10H2,1-3H3,(H,19,22)(H,20,23)/t11-,16+/m1/s1. The van der Waals surface area contributed by atoms with Gasteiger partial charge in [0.1, 0.15) is 11.6 Å². The van der Waals surface area contributed by atoms with Gasteiger partial charge in [0.25, 0.3) is 5.56 Å². The Balaban J connectivity index is 2.08. The van der Waals surface area contributed by atoms with Crippen LogP contribution < -0.4 is 15.6 Å². The van der Waals surface area contributed by atoms with Gasteiger partial charge in [-0.15, -0.1) is 11.8 Å². The third-order valence-electron chi connectivity index (χ3n) is 4.43. The Morgan fingerprint density at radius 1 is 1.32 bits per heavy atom. The van der Waals surface area contributed by atoms with Crippen LogP contribution in [-0.2, 0) is 4.79 Å². The number of H-pyrrole nitrogens is 1. The molecule has 1 aliphatic rings. The molecular formula is C18H23N3O3S. The Morgan fingerprint density at radius 3 is 2.68 bits per heavy atom. The average Bonchev–Trinajstić information content (AvgIpc) is 2.82. The molecule has 1 amide bonds. The van der Waals surface area contributed by atoms with Crippen molar-refractivity contribution in [1.82, 2.24) is 9.78 Å². The second-order valence-corrected chi connectivity index (χ2v) is 7.32. The van der Waals surface area contributed by atoms with E-state index in [-0.39, 0.29) is 22.8 Å². The van der Waals surface area contributed by atoms with E-state index >= 15 is 0 Å². The fraction of sp³-hybridized carbons (Fsp3) is 0.444. The summed E-state index contributed by atoms with van der Waals surface area (Å²) in [4.78, 5) is 24.9. The van der Waals surface area contributed by atoms with Crippen molar-refractivity contribution in [2.75, 3.05) is 18.2 Å². The Bertz CT molecular complexity index is 810. The van der Waals surface area contributed by atoms with Gasteiger partial charge in [-0.3, -0.25) is 19.4 Å². The number of carbonyl (C=O) groups excluding carboxylic acids is 1. The Morgan fingerprint density at radius 2 is 2.04 bits per heavy atom. The number of methoxy groups -OCH3 is 1. The lowest BCUT2D eigenvalue weighted by atomic mass is 10.1. The fourth-order valence-electron chi connectivity index (χ4n) is 3.16. The first-order chi connectivity index (χ1) is 12.0. The number of benzene rings is 1. The van der Waals surface area contributed by atoms with Crippen molar-refractivity contribution in [3.8, 4) is 5.75 Å². The molecule has 0 fully saturated rings. The van der Waals surface area contributed by atoms with E-state index < -0.39 is 0 Å². The van der Waals surface area contributed by atoms with Crippen molar-refractivity contribution < 1.29 is 9.53 Å². The number of anilines is 1. The molecule has 0 unspecified atom stereocenters. The van der Waals surface area contributed by atoms with Crippen molar-refractivity contribution in [3.63, 3.8) is 0 Å². The first-order valence-electron chi connectivity index (χ1n) is 8.45. The van der Waals surface area contributed by atoms with E-state index in [1.54, 1.807) is 7.11 Å². The van der Waals surface area contributed by atoms with E-state index in [9.17, 15) is 9.59 Å². The summed E-state index contributed by atoms with van der Waals surface area (Å²) in [5.41, 5.74) is 1.45. The zero-order valence-electron chi connectivity index (χ0n) is 14.7. The van der Waals surface area contributed by atoms with Crippen LogP contribution in [0.15, 0.2) is 29.1 Å². The molecule has 3 rings (SSSR count). The van der Waals surface area contributed by atoms with Crippen molar-refractivity contribution in [3.05, 3.63) is 45.7 Å². The normalized spacial score (nSPS) is 18.2. The molecule has 0 saturated carbocycles. The van der Waals surface area contributed by atoms with Gasteiger partial charge < -0.3 is 10.1 Å². The minimum atomic E-state index is -0.196. The van der Waals surface area contributed by atoms with Crippen LogP contribution in [0.1, 0.15) is 49.1 Å². The number of ether oxygens (including phenoxy) is 1. The number of hydrogen-bond donors (Lipinski definition) is 2. The summed E-state index contributed by atoms with van der Waals surface area (Å²) in [5.74, 6) is 1.59. The predicted octanol–water partition coefficient (Wildman–Crippen LogP) is 3.32. The topological polar surface area (TPSA) is 76.1 Å². The molecule has 2 atom stereocenters. The summed E-state index contributed by atoms with van der Waals surface area (Å²) in [6.07, 6.45) is 1.92. The Labute approximate surface area is 150 Å². The lowest BCUT2D eigenvalue weighted by Crippen LogP contribution is -2.18. The van der Waals surface area contributed by atoms with Crippen LogP contribution in [0.3, 0.4) is 0 Å². The highest BCUT2D eigenvalue weighted by Crippen LogP contribution is 2.40. The number of aromatic nitrogens is 2. The lowest BCUT2D eigenvalue weighted by Gasteiger charge is -2.17. The SMILES string of the molecule is CCC[C@@H](C)n1[nH]c(=O)c2c1NC(=O)CS[C@H]2c1ccc(OC)cc1. The van der Waals surface area contributed by atoms with E-state index in [1.165, 1.54) is 11.8 Å². The van der Waals surface area contributed by atoms with Gasteiger partial charge >= 0.3 is 0 Å². The molecule has 1 aromatic heterocycles. The summed E-state index contributed by atoms with van der Waals surface area (Å²) in [5, 5.41) is 5.64. The van der Waals surface area contributed by atoms with Gasteiger partial charge in [-0.2, -0.15) is 0 Å². The molecule has 1 aromatic carbocycles. The highest BCUT2D eigenvalue weighted by atomic mass is 32.2. The molecule has 2 aromatic rings.